The molecule has 0 radical (unpaired) electrons. The molecule has 1 aliphatic rings. The number of carbonyl (C=O) groups is 1. The largest absolute Gasteiger partial charge is 0.493 e. The van der Waals surface area contributed by atoms with Gasteiger partial charge in [0.05, 0.1) is 7.11 Å². The molecule has 1 aromatic carbocycles. The molecule has 0 bridgehead atoms. The number of aldehydes is 1. The summed E-state index contributed by atoms with van der Waals surface area (Å²) < 4.78 is 15.3. The van der Waals surface area contributed by atoms with Crippen LogP contribution in [0, 0.1) is 0 Å². The van der Waals surface area contributed by atoms with Gasteiger partial charge in [-0.15, -0.1) is 0 Å². The Morgan fingerprint density at radius 1 is 1.46 bits per heavy atom. The molecular formula is C9H8O4. The van der Waals surface area contributed by atoms with Gasteiger partial charge in [0.15, 0.2) is 11.5 Å². The zero-order valence-corrected chi connectivity index (χ0v) is 7.02. The van der Waals surface area contributed by atoms with Crippen LogP contribution in [0.1, 0.15) is 0 Å². The maximum absolute atomic E-state index is 10.4. The standard InChI is InChI=1S/C9H8O4/c1-11-6-3-2-4-7-9(6)13-8(5-10)12-7/h2-5,8H,1H3. The summed E-state index contributed by atoms with van der Waals surface area (Å²) in [5, 5.41) is 0. The van der Waals surface area contributed by atoms with Crippen molar-refractivity contribution in [2.24, 2.45) is 0 Å². The van der Waals surface area contributed by atoms with E-state index in [1.54, 1.807) is 18.2 Å². The van der Waals surface area contributed by atoms with Crippen molar-refractivity contribution in [1.82, 2.24) is 0 Å². The van der Waals surface area contributed by atoms with Crippen molar-refractivity contribution >= 4 is 6.29 Å². The Morgan fingerprint density at radius 2 is 2.31 bits per heavy atom. The Morgan fingerprint density at radius 3 is 3.00 bits per heavy atom. The molecule has 1 aromatic rings. The van der Waals surface area contributed by atoms with Crippen molar-refractivity contribution in [2.45, 2.75) is 6.29 Å². The first-order valence-corrected chi connectivity index (χ1v) is 3.81. The van der Waals surface area contributed by atoms with E-state index in [1.807, 2.05) is 0 Å². The maximum atomic E-state index is 10.4. The Labute approximate surface area is 75.0 Å². The number of rotatable bonds is 2. The average Bonchev–Trinajstić information content (AvgIpc) is 2.59. The highest BCUT2D eigenvalue weighted by atomic mass is 16.7. The molecule has 4 heteroatoms. The van der Waals surface area contributed by atoms with Gasteiger partial charge in [-0.3, -0.25) is 4.79 Å². The molecule has 0 spiro atoms. The molecule has 2 rings (SSSR count). The average molecular weight is 180 g/mol. The lowest BCUT2D eigenvalue weighted by Crippen LogP contribution is -2.18. The van der Waals surface area contributed by atoms with Crippen LogP contribution in [0.5, 0.6) is 17.2 Å². The van der Waals surface area contributed by atoms with E-state index >= 15 is 0 Å². The predicted octanol–water partition coefficient (Wildman–Crippen LogP) is 0.991. The lowest BCUT2D eigenvalue weighted by molar-refractivity contribution is -0.121. The van der Waals surface area contributed by atoms with Crippen molar-refractivity contribution in [1.29, 1.82) is 0 Å². The van der Waals surface area contributed by atoms with Crippen molar-refractivity contribution in [3.05, 3.63) is 18.2 Å². The molecule has 1 atom stereocenters. The highest BCUT2D eigenvalue weighted by Crippen LogP contribution is 2.41. The lowest BCUT2D eigenvalue weighted by Gasteiger charge is -2.02. The first-order chi connectivity index (χ1) is 6.35. The second kappa shape index (κ2) is 2.97. The molecule has 1 unspecified atom stereocenters. The topological polar surface area (TPSA) is 44.8 Å². The van der Waals surface area contributed by atoms with Crippen LogP contribution in [0.3, 0.4) is 0 Å². The van der Waals surface area contributed by atoms with E-state index in [1.165, 1.54) is 7.11 Å². The minimum absolute atomic E-state index is 0.488. The number of para-hydroxylation sites is 1. The van der Waals surface area contributed by atoms with Crippen LogP contribution in [0.4, 0.5) is 0 Å². The highest BCUT2D eigenvalue weighted by molar-refractivity contribution is 5.62. The van der Waals surface area contributed by atoms with Gasteiger partial charge in [-0.25, -0.2) is 0 Å². The van der Waals surface area contributed by atoms with Gasteiger partial charge in [-0.05, 0) is 12.1 Å². The fourth-order valence-corrected chi connectivity index (χ4v) is 1.19. The molecule has 0 saturated heterocycles. The third-order valence-corrected chi connectivity index (χ3v) is 1.75. The van der Waals surface area contributed by atoms with Crippen molar-refractivity contribution < 1.29 is 19.0 Å². The van der Waals surface area contributed by atoms with Gasteiger partial charge >= 0.3 is 0 Å². The number of carbonyl (C=O) groups excluding carboxylic acids is 1. The third kappa shape index (κ3) is 1.20. The fraction of sp³-hybridized carbons (Fsp3) is 0.222. The molecule has 13 heavy (non-hydrogen) atoms. The number of fused-ring (bicyclic) bond motifs is 1. The number of hydrogen-bond donors (Lipinski definition) is 0. The van der Waals surface area contributed by atoms with Crippen LogP contribution in [0.15, 0.2) is 18.2 Å². The van der Waals surface area contributed by atoms with Gasteiger partial charge in [-0.2, -0.15) is 0 Å². The highest BCUT2D eigenvalue weighted by Gasteiger charge is 2.26. The van der Waals surface area contributed by atoms with Crippen LogP contribution in [0.25, 0.3) is 0 Å². The molecule has 0 N–H and O–H groups in total. The Balaban J connectivity index is 2.38. The van der Waals surface area contributed by atoms with E-state index in [0.717, 1.165) is 0 Å². The summed E-state index contributed by atoms with van der Waals surface area (Å²) in [4.78, 5) is 10.4. The van der Waals surface area contributed by atoms with Crippen LogP contribution in [0.2, 0.25) is 0 Å². The zero-order valence-electron chi connectivity index (χ0n) is 7.02. The molecule has 68 valence electrons. The monoisotopic (exact) mass is 180 g/mol. The van der Waals surface area contributed by atoms with E-state index in [4.69, 9.17) is 14.2 Å². The summed E-state index contributed by atoms with van der Waals surface area (Å²) in [6.45, 7) is 0. The van der Waals surface area contributed by atoms with E-state index in [9.17, 15) is 4.79 Å². The summed E-state index contributed by atoms with van der Waals surface area (Å²) in [5.41, 5.74) is 0. The quantitative estimate of drug-likeness (QED) is 0.636. The van der Waals surface area contributed by atoms with Crippen molar-refractivity contribution in [2.75, 3.05) is 7.11 Å². The van der Waals surface area contributed by atoms with Gasteiger partial charge in [0, 0.05) is 0 Å². The van der Waals surface area contributed by atoms with Gasteiger partial charge in [0.25, 0.3) is 6.29 Å². The second-order valence-corrected chi connectivity index (χ2v) is 2.53. The number of ether oxygens (including phenoxy) is 3. The summed E-state index contributed by atoms with van der Waals surface area (Å²) >= 11 is 0. The van der Waals surface area contributed by atoms with Crippen LogP contribution in [-0.2, 0) is 4.79 Å². The molecule has 0 aliphatic carbocycles. The lowest BCUT2D eigenvalue weighted by atomic mass is 10.3. The Hall–Kier alpha value is -1.71. The van der Waals surface area contributed by atoms with Gasteiger partial charge in [0.2, 0.25) is 12.0 Å². The smallest absolute Gasteiger partial charge is 0.298 e. The summed E-state index contributed by atoms with van der Waals surface area (Å²) in [6.07, 6.45) is -0.245. The summed E-state index contributed by atoms with van der Waals surface area (Å²) in [5.74, 6) is 1.60. The maximum Gasteiger partial charge on any atom is 0.298 e. The molecule has 1 aliphatic heterocycles. The van der Waals surface area contributed by atoms with Crippen LogP contribution < -0.4 is 14.2 Å². The third-order valence-electron chi connectivity index (χ3n) is 1.75. The van der Waals surface area contributed by atoms with Gasteiger partial charge in [0.1, 0.15) is 0 Å². The minimum atomic E-state index is -0.841. The normalized spacial score (nSPS) is 18.4. The second-order valence-electron chi connectivity index (χ2n) is 2.53. The molecule has 4 nitrogen and oxygen atoms in total. The van der Waals surface area contributed by atoms with Crippen LogP contribution in [-0.4, -0.2) is 19.7 Å². The van der Waals surface area contributed by atoms with Crippen molar-refractivity contribution in [3.63, 3.8) is 0 Å². The van der Waals surface area contributed by atoms with Gasteiger partial charge < -0.3 is 14.2 Å². The molecule has 0 amide bonds. The molecule has 1 heterocycles. The Bertz CT molecular complexity index is 334. The first kappa shape index (κ1) is 7.91. The van der Waals surface area contributed by atoms with E-state index in [-0.39, 0.29) is 0 Å². The van der Waals surface area contributed by atoms with Crippen LogP contribution >= 0.6 is 0 Å². The SMILES string of the molecule is COc1cccc2c1OC(C=O)O2. The summed E-state index contributed by atoms with van der Waals surface area (Å²) in [6, 6.07) is 5.24. The first-order valence-electron chi connectivity index (χ1n) is 3.81. The molecule has 0 fully saturated rings. The number of methoxy groups -OCH3 is 1. The summed E-state index contributed by atoms with van der Waals surface area (Å²) in [7, 11) is 1.53. The molecule has 0 saturated carbocycles. The van der Waals surface area contributed by atoms with E-state index in [2.05, 4.69) is 0 Å². The zero-order chi connectivity index (χ0) is 9.26. The Kier molecular flexibility index (Phi) is 1.81. The minimum Gasteiger partial charge on any atom is -0.493 e. The van der Waals surface area contributed by atoms with E-state index < -0.39 is 6.29 Å². The molecular weight excluding hydrogens is 172 g/mol. The molecule has 0 aromatic heterocycles. The predicted molar refractivity (Wildman–Crippen MR) is 44.1 cm³/mol. The van der Waals surface area contributed by atoms with Crippen molar-refractivity contribution in [3.8, 4) is 17.2 Å². The van der Waals surface area contributed by atoms with Gasteiger partial charge in [-0.1, -0.05) is 6.07 Å². The number of hydrogen-bond acceptors (Lipinski definition) is 4. The van der Waals surface area contributed by atoms with E-state index in [0.29, 0.717) is 23.5 Å². The number of benzene rings is 1. The fourth-order valence-electron chi connectivity index (χ4n) is 1.19.